The van der Waals surface area contributed by atoms with Crippen LogP contribution in [0, 0.1) is 29.6 Å². The second-order valence-corrected chi connectivity index (χ2v) is 8.36. The van der Waals surface area contributed by atoms with E-state index in [1.54, 1.807) is 13.0 Å². The van der Waals surface area contributed by atoms with Gasteiger partial charge in [-0.15, -0.1) is 0 Å². The first kappa shape index (κ1) is 19.2. The molecule has 0 spiro atoms. The number of primary amides is 1. The van der Waals surface area contributed by atoms with Crippen LogP contribution >= 0.6 is 0 Å². The molecule has 4 rings (SSSR count). The summed E-state index contributed by atoms with van der Waals surface area (Å²) in [6.45, 7) is 5.72. The van der Waals surface area contributed by atoms with Crippen LogP contribution in [-0.4, -0.2) is 34.1 Å². The van der Waals surface area contributed by atoms with E-state index >= 15 is 0 Å². The van der Waals surface area contributed by atoms with Gasteiger partial charge < -0.3 is 10.8 Å². The first-order valence-corrected chi connectivity index (χ1v) is 9.57. The topological polar surface area (TPSA) is 132 Å². The number of aromatic hydroxyl groups is 1. The van der Waals surface area contributed by atoms with Crippen LogP contribution in [0.4, 0.5) is 0 Å². The molecule has 150 valence electrons. The number of hydrogen-bond donors (Lipinski definition) is 2. The molecule has 3 aliphatic rings. The van der Waals surface area contributed by atoms with Crippen molar-refractivity contribution in [3.8, 4) is 5.75 Å². The molecule has 7 heteroatoms. The molecule has 0 aliphatic heterocycles. The second kappa shape index (κ2) is 6.47. The van der Waals surface area contributed by atoms with Crippen molar-refractivity contribution in [3.63, 3.8) is 0 Å². The highest BCUT2D eigenvalue weighted by Crippen LogP contribution is 2.48. The van der Waals surface area contributed by atoms with E-state index in [2.05, 4.69) is 6.58 Å². The number of fused-ring (bicyclic) bond motifs is 3. The summed E-state index contributed by atoms with van der Waals surface area (Å²) in [6, 6.07) is 3.10. The van der Waals surface area contributed by atoms with Crippen LogP contribution in [0.15, 0.2) is 18.7 Å². The number of rotatable bonds is 2. The zero-order valence-electron chi connectivity index (χ0n) is 15.9. The molecule has 5 atom stereocenters. The largest absolute Gasteiger partial charge is 0.507 e. The predicted octanol–water partition coefficient (Wildman–Crippen LogP) is 1.25. The summed E-state index contributed by atoms with van der Waals surface area (Å²) in [5.41, 5.74) is 7.44. The molecule has 0 heterocycles. The van der Waals surface area contributed by atoms with Gasteiger partial charge in [-0.1, -0.05) is 18.2 Å². The number of carbonyl (C=O) groups excluding carboxylic acids is 5. The molecule has 3 N–H and O–H groups in total. The van der Waals surface area contributed by atoms with Crippen molar-refractivity contribution in [2.75, 3.05) is 0 Å². The molecule has 29 heavy (non-hydrogen) atoms. The lowest BCUT2D eigenvalue weighted by Gasteiger charge is -2.44. The van der Waals surface area contributed by atoms with E-state index in [1.807, 2.05) is 0 Å². The Morgan fingerprint density at radius 3 is 2.34 bits per heavy atom. The molecule has 0 aromatic heterocycles. The van der Waals surface area contributed by atoms with E-state index in [4.69, 9.17) is 5.73 Å². The SMILES string of the molecule is C=C(C)c1ccc(O)c2c1CC1CC3CC(=O)C(C(N)=O)C(=O)C3C(=O)C1C2=O. The Morgan fingerprint density at radius 1 is 1.07 bits per heavy atom. The van der Waals surface area contributed by atoms with E-state index in [-0.39, 0.29) is 23.7 Å². The minimum absolute atomic E-state index is 0.0760. The number of allylic oxidation sites excluding steroid dienone is 1. The highest BCUT2D eigenvalue weighted by Gasteiger charge is 2.57. The summed E-state index contributed by atoms with van der Waals surface area (Å²) >= 11 is 0. The summed E-state index contributed by atoms with van der Waals surface area (Å²) in [5.74, 6) is -8.45. The molecule has 1 aromatic carbocycles. The number of benzene rings is 1. The number of phenolic OH excluding ortho intramolecular Hbond substituents is 1. The molecule has 2 fully saturated rings. The minimum Gasteiger partial charge on any atom is -0.507 e. The van der Waals surface area contributed by atoms with Gasteiger partial charge in [0.25, 0.3) is 0 Å². The standard InChI is InChI=1S/C22H21NO6/c1-8(2)11-3-4-13(24)17-12(11)6-9-5-10-7-14(25)18(22(23)29)21(28)16(10)19(26)15(9)20(17)27/h3-4,9-10,15-16,18,24H,1,5-7H2,2H3,(H2,23,29). The molecule has 1 amide bonds. The Hall–Kier alpha value is -3.09. The quantitative estimate of drug-likeness (QED) is 0.725. The Morgan fingerprint density at radius 2 is 1.72 bits per heavy atom. The van der Waals surface area contributed by atoms with Crippen molar-refractivity contribution in [2.24, 2.45) is 35.3 Å². The molecule has 0 radical (unpaired) electrons. The van der Waals surface area contributed by atoms with Gasteiger partial charge in [0, 0.05) is 6.42 Å². The van der Waals surface area contributed by atoms with E-state index < -0.39 is 52.7 Å². The van der Waals surface area contributed by atoms with Gasteiger partial charge in [-0.25, -0.2) is 0 Å². The zero-order valence-corrected chi connectivity index (χ0v) is 15.9. The fourth-order valence-electron chi connectivity index (χ4n) is 5.39. The third-order valence-corrected chi connectivity index (χ3v) is 6.57. The van der Waals surface area contributed by atoms with E-state index in [0.717, 1.165) is 11.1 Å². The van der Waals surface area contributed by atoms with E-state index in [0.29, 0.717) is 18.4 Å². The minimum atomic E-state index is -1.62. The van der Waals surface area contributed by atoms with E-state index in [9.17, 15) is 29.1 Å². The first-order valence-electron chi connectivity index (χ1n) is 9.57. The van der Waals surface area contributed by atoms with Gasteiger partial charge in [-0.2, -0.15) is 0 Å². The van der Waals surface area contributed by atoms with Crippen LogP contribution in [0.25, 0.3) is 5.57 Å². The lowest BCUT2D eigenvalue weighted by atomic mass is 9.56. The summed E-state index contributed by atoms with van der Waals surface area (Å²) in [7, 11) is 0. The number of nitrogens with two attached hydrogens (primary N) is 1. The molecule has 2 saturated carbocycles. The van der Waals surface area contributed by atoms with Crippen LogP contribution in [0.1, 0.15) is 41.3 Å². The highest BCUT2D eigenvalue weighted by molar-refractivity contribution is 6.27. The second-order valence-electron chi connectivity index (χ2n) is 8.36. The Labute approximate surface area is 167 Å². The van der Waals surface area contributed by atoms with Crippen molar-refractivity contribution in [2.45, 2.75) is 26.2 Å². The Bertz CT molecular complexity index is 1020. The van der Waals surface area contributed by atoms with Gasteiger partial charge in [-0.05, 0) is 48.8 Å². The Balaban J connectivity index is 1.79. The monoisotopic (exact) mass is 395 g/mol. The van der Waals surface area contributed by atoms with Crippen molar-refractivity contribution in [1.82, 2.24) is 0 Å². The summed E-state index contributed by atoms with van der Waals surface area (Å²) in [5, 5.41) is 10.3. The normalized spacial score (nSPS) is 31.0. The number of carbonyl (C=O) groups is 5. The molecular weight excluding hydrogens is 374 g/mol. The van der Waals surface area contributed by atoms with Gasteiger partial charge in [0.1, 0.15) is 5.75 Å². The molecule has 3 aliphatic carbocycles. The first-order chi connectivity index (χ1) is 13.6. The van der Waals surface area contributed by atoms with Gasteiger partial charge in [0.2, 0.25) is 5.91 Å². The van der Waals surface area contributed by atoms with Crippen LogP contribution in [-0.2, 0) is 25.6 Å². The summed E-state index contributed by atoms with van der Waals surface area (Å²) in [4.78, 5) is 63.1. The molecule has 0 saturated heterocycles. The fraction of sp³-hybridized carbons (Fsp3) is 0.409. The predicted molar refractivity (Wildman–Crippen MR) is 102 cm³/mol. The number of Topliss-reactive ketones (excluding diaryl/α,β-unsaturated/α-hetero) is 4. The number of amides is 1. The van der Waals surface area contributed by atoms with Crippen molar-refractivity contribution in [3.05, 3.63) is 35.4 Å². The van der Waals surface area contributed by atoms with Gasteiger partial charge in [0.15, 0.2) is 29.1 Å². The molecule has 1 aromatic rings. The van der Waals surface area contributed by atoms with Gasteiger partial charge in [-0.3, -0.25) is 24.0 Å². The van der Waals surface area contributed by atoms with Crippen LogP contribution in [0.5, 0.6) is 5.75 Å². The van der Waals surface area contributed by atoms with Crippen LogP contribution in [0.3, 0.4) is 0 Å². The number of ketones is 4. The summed E-state index contributed by atoms with van der Waals surface area (Å²) < 4.78 is 0. The van der Waals surface area contributed by atoms with Crippen molar-refractivity contribution in [1.29, 1.82) is 0 Å². The molecule has 7 nitrogen and oxygen atoms in total. The highest BCUT2D eigenvalue weighted by atomic mass is 16.3. The van der Waals surface area contributed by atoms with Crippen molar-refractivity contribution >= 4 is 34.6 Å². The number of phenols is 1. The lowest BCUT2D eigenvalue weighted by molar-refractivity contribution is -0.152. The van der Waals surface area contributed by atoms with E-state index in [1.165, 1.54) is 6.07 Å². The lowest BCUT2D eigenvalue weighted by Crippen LogP contribution is -2.56. The summed E-state index contributed by atoms with van der Waals surface area (Å²) in [6.07, 6.45) is 0.646. The van der Waals surface area contributed by atoms with Gasteiger partial charge in [0.05, 0.1) is 17.4 Å². The molecular formula is C22H21NO6. The maximum atomic E-state index is 13.2. The molecule has 5 unspecified atom stereocenters. The van der Waals surface area contributed by atoms with Crippen LogP contribution < -0.4 is 5.73 Å². The third-order valence-electron chi connectivity index (χ3n) is 6.57. The number of hydrogen-bond acceptors (Lipinski definition) is 6. The fourth-order valence-corrected chi connectivity index (χ4v) is 5.39. The maximum absolute atomic E-state index is 13.2. The third kappa shape index (κ3) is 2.68. The van der Waals surface area contributed by atoms with Crippen LogP contribution in [0.2, 0.25) is 0 Å². The average Bonchev–Trinajstić information content (AvgIpc) is 2.60. The Kier molecular flexibility index (Phi) is 4.29. The average molecular weight is 395 g/mol. The molecule has 0 bridgehead atoms. The maximum Gasteiger partial charge on any atom is 0.235 e. The van der Waals surface area contributed by atoms with Crippen molar-refractivity contribution < 1.29 is 29.1 Å². The smallest absolute Gasteiger partial charge is 0.235 e. The van der Waals surface area contributed by atoms with Gasteiger partial charge >= 0.3 is 0 Å². The zero-order chi connectivity index (χ0) is 21.2.